The minimum Gasteiger partial charge on any atom is -0.444 e. The van der Waals surface area contributed by atoms with Crippen molar-refractivity contribution in [2.24, 2.45) is 10.9 Å². The van der Waals surface area contributed by atoms with Crippen LogP contribution in [0.1, 0.15) is 53.5 Å². The summed E-state index contributed by atoms with van der Waals surface area (Å²) in [5, 5.41) is 12.0. The summed E-state index contributed by atoms with van der Waals surface area (Å²) < 4.78 is 5.20. The average Bonchev–Trinajstić information content (AvgIpc) is 2.67. The third-order valence-electron chi connectivity index (χ3n) is 4.10. The first-order chi connectivity index (χ1) is 14.1. The highest BCUT2D eigenvalue weighted by molar-refractivity contribution is 14.0. The number of anilines is 1. The normalized spacial score (nSPS) is 12.3. The molecule has 1 aromatic rings. The Kier molecular flexibility index (Phi) is 13.9. The molecule has 0 aromatic heterocycles. The van der Waals surface area contributed by atoms with E-state index in [-0.39, 0.29) is 35.8 Å². The molecule has 0 radical (unpaired) electrons. The van der Waals surface area contributed by atoms with Crippen LogP contribution < -0.4 is 21.3 Å². The topological polar surface area (TPSA) is 104 Å². The molecule has 0 aliphatic heterocycles. The van der Waals surface area contributed by atoms with Gasteiger partial charge in [-0.3, -0.25) is 4.79 Å². The van der Waals surface area contributed by atoms with Crippen molar-refractivity contribution in [1.82, 2.24) is 16.0 Å². The molecule has 2 amide bonds. The highest BCUT2D eigenvalue weighted by atomic mass is 127. The van der Waals surface area contributed by atoms with Crippen molar-refractivity contribution in [3.05, 3.63) is 29.8 Å². The molecule has 0 spiro atoms. The molecule has 8 nitrogen and oxygen atoms in total. The zero-order valence-corrected chi connectivity index (χ0v) is 21.8. The van der Waals surface area contributed by atoms with Crippen LogP contribution in [0.25, 0.3) is 0 Å². The second-order valence-corrected chi connectivity index (χ2v) is 8.05. The predicted molar refractivity (Wildman–Crippen MR) is 137 cm³/mol. The summed E-state index contributed by atoms with van der Waals surface area (Å²) in [5.74, 6) is 0.647. The summed E-state index contributed by atoms with van der Waals surface area (Å²) in [7, 11) is 0. The van der Waals surface area contributed by atoms with Crippen LogP contribution in [0.15, 0.2) is 29.3 Å². The van der Waals surface area contributed by atoms with Crippen LogP contribution in [0.2, 0.25) is 0 Å². The Hall–Kier alpha value is -2.04. The number of guanidine groups is 1. The van der Waals surface area contributed by atoms with Crippen molar-refractivity contribution < 1.29 is 14.3 Å². The second-order valence-electron chi connectivity index (χ2n) is 8.05. The molecule has 176 valence electrons. The highest BCUT2D eigenvalue weighted by Gasteiger charge is 2.15. The van der Waals surface area contributed by atoms with Crippen LogP contribution >= 0.6 is 24.0 Å². The zero-order valence-electron chi connectivity index (χ0n) is 19.5. The summed E-state index contributed by atoms with van der Waals surface area (Å²) in [6.45, 7) is 13.5. The maximum atomic E-state index is 12.1. The molecule has 1 atom stereocenters. The van der Waals surface area contributed by atoms with E-state index in [4.69, 9.17) is 4.74 Å². The lowest BCUT2D eigenvalue weighted by Crippen LogP contribution is -2.42. The molecule has 9 heteroatoms. The van der Waals surface area contributed by atoms with Crippen molar-refractivity contribution in [1.29, 1.82) is 0 Å². The first-order valence-corrected chi connectivity index (χ1v) is 10.5. The van der Waals surface area contributed by atoms with E-state index < -0.39 is 11.7 Å². The van der Waals surface area contributed by atoms with E-state index in [0.717, 1.165) is 24.2 Å². The van der Waals surface area contributed by atoms with E-state index in [0.29, 0.717) is 25.6 Å². The number of benzene rings is 1. The van der Waals surface area contributed by atoms with E-state index in [9.17, 15) is 9.59 Å². The fourth-order valence-corrected chi connectivity index (χ4v) is 2.37. The number of carbonyl (C=O) groups is 2. The Balaban J connectivity index is 0.00000900. The number of ether oxygens (including phenoxy) is 1. The molecule has 0 saturated carbocycles. The monoisotopic (exact) mass is 547 g/mol. The number of carbonyl (C=O) groups excluding carboxylic acids is 2. The maximum absolute atomic E-state index is 12.1. The van der Waals surface area contributed by atoms with Gasteiger partial charge in [0.15, 0.2) is 5.96 Å². The predicted octanol–water partition coefficient (Wildman–Crippen LogP) is 3.87. The number of alkyl carbamates (subject to hydrolysis) is 1. The quantitative estimate of drug-likeness (QED) is 0.163. The number of halogens is 1. The summed E-state index contributed by atoms with van der Waals surface area (Å²) >= 11 is 0. The van der Waals surface area contributed by atoms with Crippen LogP contribution in [-0.4, -0.2) is 43.2 Å². The second kappa shape index (κ2) is 14.9. The molecule has 1 unspecified atom stereocenters. The summed E-state index contributed by atoms with van der Waals surface area (Å²) in [5.41, 5.74) is 1.24. The fourth-order valence-electron chi connectivity index (χ4n) is 2.37. The van der Waals surface area contributed by atoms with E-state index in [2.05, 4.69) is 26.3 Å². The first-order valence-electron chi connectivity index (χ1n) is 10.5. The number of aliphatic imine (C=N–C) groups is 1. The minimum absolute atomic E-state index is 0. The van der Waals surface area contributed by atoms with Crippen molar-refractivity contribution >= 4 is 47.6 Å². The molecule has 0 heterocycles. The smallest absolute Gasteiger partial charge is 0.407 e. The lowest BCUT2D eigenvalue weighted by molar-refractivity contribution is -0.119. The molecular formula is C22H38IN5O3. The number of rotatable bonds is 9. The molecule has 0 bridgehead atoms. The van der Waals surface area contributed by atoms with Gasteiger partial charge in [-0.05, 0) is 51.8 Å². The molecule has 4 N–H and O–H groups in total. The minimum atomic E-state index is -0.517. The summed E-state index contributed by atoms with van der Waals surface area (Å²) in [6, 6.07) is 7.68. The van der Waals surface area contributed by atoms with Gasteiger partial charge in [-0.2, -0.15) is 0 Å². The van der Waals surface area contributed by atoms with Gasteiger partial charge in [-0.1, -0.05) is 26.0 Å². The first kappa shape index (κ1) is 29.0. The molecule has 1 aromatic carbocycles. The molecule has 1 rings (SSSR count). The Morgan fingerprint density at radius 3 is 2.39 bits per heavy atom. The molecule has 0 fully saturated rings. The summed E-state index contributed by atoms with van der Waals surface area (Å²) in [6.07, 6.45) is 0.360. The van der Waals surface area contributed by atoms with Crippen LogP contribution in [0, 0.1) is 5.92 Å². The third-order valence-corrected chi connectivity index (χ3v) is 4.10. The molecule has 0 aliphatic carbocycles. The van der Waals surface area contributed by atoms with E-state index in [1.54, 1.807) is 0 Å². The highest BCUT2D eigenvalue weighted by Crippen LogP contribution is 2.14. The number of nitrogens with zero attached hydrogens (tertiary/aromatic N) is 1. The standard InChI is InChI=1S/C22H37N5O3.HI/c1-7-16(3)19(28)27-18-11-9-10-17(14-18)15-26-20(23-8-2)24-12-13-25-21(29)30-22(4,5)6;/h9-11,14,16H,7-8,12-13,15H2,1-6H3,(H,25,29)(H,27,28)(H2,23,24,26);1H. The third kappa shape index (κ3) is 13.1. The van der Waals surface area contributed by atoms with Gasteiger partial charge in [0.1, 0.15) is 5.60 Å². The van der Waals surface area contributed by atoms with Gasteiger partial charge in [0.2, 0.25) is 5.91 Å². The number of hydrogen-bond acceptors (Lipinski definition) is 4. The van der Waals surface area contributed by atoms with E-state index >= 15 is 0 Å². The van der Waals surface area contributed by atoms with Crippen LogP contribution in [0.3, 0.4) is 0 Å². The summed E-state index contributed by atoms with van der Waals surface area (Å²) in [4.78, 5) is 28.3. The number of nitrogens with one attached hydrogen (secondary N) is 4. The van der Waals surface area contributed by atoms with Gasteiger partial charge in [0.05, 0.1) is 6.54 Å². The van der Waals surface area contributed by atoms with Gasteiger partial charge in [0.25, 0.3) is 0 Å². The maximum Gasteiger partial charge on any atom is 0.407 e. The Morgan fingerprint density at radius 2 is 1.77 bits per heavy atom. The van der Waals surface area contributed by atoms with Crippen LogP contribution in [-0.2, 0) is 16.1 Å². The average molecular weight is 547 g/mol. The molecule has 31 heavy (non-hydrogen) atoms. The largest absolute Gasteiger partial charge is 0.444 e. The van der Waals surface area contributed by atoms with Gasteiger partial charge in [0, 0.05) is 31.2 Å². The Morgan fingerprint density at radius 1 is 1.10 bits per heavy atom. The Labute approximate surface area is 203 Å². The molecular weight excluding hydrogens is 509 g/mol. The van der Waals surface area contributed by atoms with Crippen molar-refractivity contribution in [3.63, 3.8) is 0 Å². The van der Waals surface area contributed by atoms with E-state index in [1.165, 1.54) is 0 Å². The van der Waals surface area contributed by atoms with Crippen LogP contribution in [0.5, 0.6) is 0 Å². The molecule has 0 saturated heterocycles. The zero-order chi connectivity index (χ0) is 22.6. The fraction of sp³-hybridized carbons (Fsp3) is 0.591. The van der Waals surface area contributed by atoms with Crippen molar-refractivity contribution in [2.45, 2.75) is 60.1 Å². The number of hydrogen-bond donors (Lipinski definition) is 4. The van der Waals surface area contributed by atoms with Gasteiger partial charge in [-0.25, -0.2) is 9.79 Å². The lowest BCUT2D eigenvalue weighted by atomic mass is 10.1. The number of amides is 2. The van der Waals surface area contributed by atoms with Crippen molar-refractivity contribution in [3.8, 4) is 0 Å². The van der Waals surface area contributed by atoms with E-state index in [1.807, 2.05) is 65.8 Å². The molecule has 0 aliphatic rings. The van der Waals surface area contributed by atoms with Gasteiger partial charge in [-0.15, -0.1) is 24.0 Å². The van der Waals surface area contributed by atoms with Crippen LogP contribution in [0.4, 0.5) is 10.5 Å². The Bertz CT molecular complexity index is 719. The lowest BCUT2D eigenvalue weighted by Gasteiger charge is -2.19. The van der Waals surface area contributed by atoms with Gasteiger partial charge < -0.3 is 26.0 Å². The van der Waals surface area contributed by atoms with Gasteiger partial charge >= 0.3 is 6.09 Å². The van der Waals surface area contributed by atoms with Crippen molar-refractivity contribution in [2.75, 3.05) is 25.0 Å². The SMILES string of the molecule is CCNC(=NCc1cccc(NC(=O)C(C)CC)c1)NCCNC(=O)OC(C)(C)C.I.